The van der Waals surface area contributed by atoms with Gasteiger partial charge in [0, 0.05) is 23.0 Å². The van der Waals surface area contributed by atoms with Gasteiger partial charge in [-0.05, 0) is 65.2 Å². The third-order valence-electron chi connectivity index (χ3n) is 5.90. The summed E-state index contributed by atoms with van der Waals surface area (Å²) in [5.41, 5.74) is 2.66. The third-order valence-corrected chi connectivity index (χ3v) is 6.43. The smallest absolute Gasteiger partial charge is 0.253 e. The molecule has 0 unspecified atom stereocenters. The summed E-state index contributed by atoms with van der Waals surface area (Å²) < 4.78 is 7.30. The molecule has 0 bridgehead atoms. The SMILES string of the molecule is CSc1nc2nc(C)c(CC(=O)N(Cc3ccco3)C3CCN(C)CC3)c(C)n2n1. The van der Waals surface area contributed by atoms with Crippen molar-refractivity contribution in [3.05, 3.63) is 41.1 Å². The molecule has 0 aromatic carbocycles. The van der Waals surface area contributed by atoms with E-state index in [2.05, 4.69) is 27.0 Å². The lowest BCUT2D eigenvalue weighted by Gasteiger charge is -2.37. The molecule has 1 fully saturated rings. The minimum Gasteiger partial charge on any atom is -0.467 e. The van der Waals surface area contributed by atoms with Crippen LogP contribution in [0.1, 0.15) is 35.6 Å². The van der Waals surface area contributed by atoms with Gasteiger partial charge in [0.25, 0.3) is 5.78 Å². The zero-order valence-electron chi connectivity index (χ0n) is 18.0. The predicted octanol–water partition coefficient (Wildman–Crippen LogP) is 2.72. The Morgan fingerprint density at radius 3 is 2.73 bits per heavy atom. The number of thioether (sulfide) groups is 1. The molecule has 8 nitrogen and oxygen atoms in total. The van der Waals surface area contributed by atoms with Crippen LogP contribution in [0.4, 0.5) is 0 Å². The van der Waals surface area contributed by atoms with Crippen LogP contribution in [0.15, 0.2) is 28.0 Å². The molecule has 4 heterocycles. The minimum atomic E-state index is 0.0958. The van der Waals surface area contributed by atoms with E-state index < -0.39 is 0 Å². The molecule has 30 heavy (non-hydrogen) atoms. The van der Waals surface area contributed by atoms with E-state index in [1.165, 1.54) is 11.8 Å². The number of piperidine rings is 1. The van der Waals surface area contributed by atoms with E-state index in [0.29, 0.717) is 23.9 Å². The number of carbonyl (C=O) groups excluding carboxylic acids is 1. The number of carbonyl (C=O) groups is 1. The van der Waals surface area contributed by atoms with E-state index in [9.17, 15) is 4.79 Å². The van der Waals surface area contributed by atoms with Gasteiger partial charge in [0.15, 0.2) is 0 Å². The van der Waals surface area contributed by atoms with Crippen molar-refractivity contribution >= 4 is 23.4 Å². The van der Waals surface area contributed by atoms with E-state index in [0.717, 1.165) is 48.6 Å². The number of likely N-dealkylation sites (tertiary alicyclic amines) is 1. The number of aromatic nitrogens is 4. The molecule has 9 heteroatoms. The molecule has 0 spiro atoms. The van der Waals surface area contributed by atoms with Crippen molar-refractivity contribution in [2.45, 2.75) is 50.9 Å². The highest BCUT2D eigenvalue weighted by atomic mass is 32.2. The summed E-state index contributed by atoms with van der Waals surface area (Å²) in [6, 6.07) is 4.01. The van der Waals surface area contributed by atoms with Crippen molar-refractivity contribution in [2.75, 3.05) is 26.4 Å². The molecule has 3 aromatic heterocycles. The average Bonchev–Trinajstić information content (AvgIpc) is 3.39. The predicted molar refractivity (Wildman–Crippen MR) is 116 cm³/mol. The highest BCUT2D eigenvalue weighted by Crippen LogP contribution is 2.22. The van der Waals surface area contributed by atoms with Crippen LogP contribution in [0.5, 0.6) is 0 Å². The fourth-order valence-electron chi connectivity index (χ4n) is 4.08. The molecule has 1 aliphatic rings. The van der Waals surface area contributed by atoms with Crippen LogP contribution in [0.2, 0.25) is 0 Å². The maximum Gasteiger partial charge on any atom is 0.253 e. The first kappa shape index (κ1) is 20.9. The number of hydrogen-bond acceptors (Lipinski definition) is 7. The van der Waals surface area contributed by atoms with Gasteiger partial charge >= 0.3 is 0 Å². The Balaban J connectivity index is 1.61. The second-order valence-corrected chi connectivity index (χ2v) is 8.66. The van der Waals surface area contributed by atoms with Gasteiger partial charge in [-0.2, -0.15) is 4.98 Å². The van der Waals surface area contributed by atoms with Crippen LogP contribution < -0.4 is 0 Å². The monoisotopic (exact) mass is 428 g/mol. The van der Waals surface area contributed by atoms with Crippen molar-refractivity contribution in [1.82, 2.24) is 29.4 Å². The standard InChI is InChI=1S/C21H28N6O2S/c1-14-18(15(2)27-20(22-14)23-21(24-27)30-4)12-19(28)26(13-17-6-5-11-29-17)16-7-9-25(3)10-8-16/h5-6,11,16H,7-10,12-13H2,1-4H3. The zero-order chi connectivity index (χ0) is 21.3. The second-order valence-electron chi connectivity index (χ2n) is 7.88. The lowest BCUT2D eigenvalue weighted by atomic mass is 10.0. The van der Waals surface area contributed by atoms with Gasteiger partial charge in [0.05, 0.1) is 19.2 Å². The summed E-state index contributed by atoms with van der Waals surface area (Å²) in [5, 5.41) is 5.18. The maximum absolute atomic E-state index is 13.5. The molecular weight excluding hydrogens is 400 g/mol. The Bertz CT molecular complexity index is 1020. The lowest BCUT2D eigenvalue weighted by molar-refractivity contribution is -0.134. The number of aryl methyl sites for hydroxylation is 2. The summed E-state index contributed by atoms with van der Waals surface area (Å²) in [6.45, 7) is 6.40. The van der Waals surface area contributed by atoms with Crippen LogP contribution in [-0.4, -0.2) is 67.7 Å². The van der Waals surface area contributed by atoms with E-state index in [1.807, 2.05) is 37.1 Å². The summed E-state index contributed by atoms with van der Waals surface area (Å²) in [7, 11) is 2.13. The van der Waals surface area contributed by atoms with Gasteiger partial charge in [-0.1, -0.05) is 11.8 Å². The maximum atomic E-state index is 13.5. The van der Waals surface area contributed by atoms with Gasteiger partial charge < -0.3 is 14.2 Å². The van der Waals surface area contributed by atoms with Gasteiger partial charge in [0.2, 0.25) is 11.1 Å². The summed E-state index contributed by atoms with van der Waals surface area (Å²) >= 11 is 1.48. The summed E-state index contributed by atoms with van der Waals surface area (Å²) in [5.74, 6) is 1.48. The zero-order valence-corrected chi connectivity index (χ0v) is 18.8. The Morgan fingerprint density at radius 2 is 2.07 bits per heavy atom. The molecule has 4 rings (SSSR count). The Morgan fingerprint density at radius 1 is 1.30 bits per heavy atom. The number of rotatable bonds is 6. The Labute approximate surface area is 180 Å². The van der Waals surface area contributed by atoms with E-state index in [-0.39, 0.29) is 11.9 Å². The molecule has 0 aliphatic carbocycles. The number of nitrogens with zero attached hydrogens (tertiary/aromatic N) is 6. The van der Waals surface area contributed by atoms with Crippen LogP contribution >= 0.6 is 11.8 Å². The minimum absolute atomic E-state index is 0.0958. The van der Waals surface area contributed by atoms with Gasteiger partial charge in [-0.3, -0.25) is 4.79 Å². The average molecular weight is 429 g/mol. The quantitative estimate of drug-likeness (QED) is 0.559. The molecule has 0 radical (unpaired) electrons. The van der Waals surface area contributed by atoms with Gasteiger partial charge in [-0.15, -0.1) is 5.10 Å². The topological polar surface area (TPSA) is 79.8 Å². The molecule has 1 saturated heterocycles. The normalized spacial score (nSPS) is 15.7. The van der Waals surface area contributed by atoms with Crippen molar-refractivity contribution in [2.24, 2.45) is 0 Å². The first-order valence-corrected chi connectivity index (χ1v) is 11.5. The van der Waals surface area contributed by atoms with E-state index in [4.69, 9.17) is 4.42 Å². The molecule has 1 aliphatic heterocycles. The fraction of sp³-hybridized carbons (Fsp3) is 0.524. The highest BCUT2D eigenvalue weighted by molar-refractivity contribution is 7.98. The second kappa shape index (κ2) is 8.77. The van der Waals surface area contributed by atoms with E-state index in [1.54, 1.807) is 10.8 Å². The molecule has 1 amide bonds. The first-order valence-electron chi connectivity index (χ1n) is 10.2. The van der Waals surface area contributed by atoms with E-state index >= 15 is 0 Å². The molecule has 3 aromatic rings. The Hall–Kier alpha value is -2.39. The van der Waals surface area contributed by atoms with Crippen LogP contribution in [0.3, 0.4) is 0 Å². The number of fused-ring (bicyclic) bond motifs is 1. The third kappa shape index (κ3) is 4.22. The number of hydrogen-bond donors (Lipinski definition) is 0. The molecule has 0 N–H and O–H groups in total. The largest absolute Gasteiger partial charge is 0.467 e. The number of furan rings is 1. The summed E-state index contributed by atoms with van der Waals surface area (Å²) in [4.78, 5) is 26.8. The number of amides is 1. The molecule has 0 saturated carbocycles. The van der Waals surface area contributed by atoms with Crippen molar-refractivity contribution in [3.8, 4) is 0 Å². The Kier molecular flexibility index (Phi) is 6.10. The molecule has 0 atom stereocenters. The van der Waals surface area contributed by atoms with Crippen molar-refractivity contribution in [3.63, 3.8) is 0 Å². The summed E-state index contributed by atoms with van der Waals surface area (Å²) in [6.07, 6.45) is 5.83. The molecular formula is C21H28N6O2S. The highest BCUT2D eigenvalue weighted by Gasteiger charge is 2.29. The molecule has 160 valence electrons. The van der Waals surface area contributed by atoms with Crippen molar-refractivity contribution < 1.29 is 9.21 Å². The lowest BCUT2D eigenvalue weighted by Crippen LogP contribution is -2.46. The van der Waals surface area contributed by atoms with Gasteiger partial charge in [0.1, 0.15) is 5.76 Å². The van der Waals surface area contributed by atoms with Gasteiger partial charge in [-0.25, -0.2) is 9.50 Å². The van der Waals surface area contributed by atoms with Crippen molar-refractivity contribution in [1.29, 1.82) is 0 Å². The first-order chi connectivity index (χ1) is 14.5. The van der Waals surface area contributed by atoms with Crippen LogP contribution in [0, 0.1) is 13.8 Å². The van der Waals surface area contributed by atoms with Crippen LogP contribution in [-0.2, 0) is 17.8 Å². The van der Waals surface area contributed by atoms with Crippen LogP contribution in [0.25, 0.3) is 5.78 Å². The fourth-order valence-corrected chi connectivity index (χ4v) is 4.42.